The van der Waals surface area contributed by atoms with Gasteiger partial charge < -0.3 is 20.3 Å². The number of pyridine rings is 1. The highest BCUT2D eigenvalue weighted by molar-refractivity contribution is 7.18. The topological polar surface area (TPSA) is 159 Å². The Labute approximate surface area is 192 Å². The minimum atomic E-state index is -1.58. The van der Waals surface area contributed by atoms with Gasteiger partial charge in [0.05, 0.1) is 5.69 Å². The van der Waals surface area contributed by atoms with Gasteiger partial charge in [0.1, 0.15) is 22.1 Å². The zero-order chi connectivity index (χ0) is 24.5. The average Bonchev–Trinajstić information content (AvgIpc) is 3.09. The van der Waals surface area contributed by atoms with E-state index < -0.39 is 23.6 Å². The summed E-state index contributed by atoms with van der Waals surface area (Å²) in [6, 6.07) is 2.58. The van der Waals surface area contributed by atoms with Crippen LogP contribution in [0.15, 0.2) is 23.9 Å². The first-order valence-corrected chi connectivity index (χ1v) is 10.7. The summed E-state index contributed by atoms with van der Waals surface area (Å²) in [4.78, 5) is 56.8. The second-order valence-corrected chi connectivity index (χ2v) is 9.13. The number of amides is 3. The van der Waals surface area contributed by atoms with Crippen LogP contribution in [-0.4, -0.2) is 49.7 Å². The van der Waals surface area contributed by atoms with Crippen molar-refractivity contribution in [2.45, 2.75) is 46.1 Å². The number of ether oxygens (including phenoxy) is 1. The quantitative estimate of drug-likeness (QED) is 0.441. The molecular formula is C21H22N4O7S. The maximum Gasteiger partial charge on any atom is 0.425 e. The molecule has 0 spiro atoms. The lowest BCUT2D eigenvalue weighted by molar-refractivity contribution is -0.114. The molecule has 0 fully saturated rings. The highest BCUT2D eigenvalue weighted by Gasteiger charge is 2.31. The Hall–Kier alpha value is -3.80. The smallest absolute Gasteiger partial charge is 0.425 e. The van der Waals surface area contributed by atoms with Gasteiger partial charge in [-0.05, 0) is 45.7 Å². The molecule has 12 heteroatoms. The molecule has 0 saturated carbocycles. The van der Waals surface area contributed by atoms with Gasteiger partial charge in [-0.25, -0.2) is 19.6 Å². The van der Waals surface area contributed by atoms with Crippen molar-refractivity contribution in [1.82, 2.24) is 9.97 Å². The van der Waals surface area contributed by atoms with Gasteiger partial charge in [-0.1, -0.05) is 11.3 Å². The first-order chi connectivity index (χ1) is 15.4. The number of carboxylic acid groups (broad SMARTS) is 1. The van der Waals surface area contributed by atoms with Crippen LogP contribution in [0.25, 0.3) is 5.76 Å². The number of hydrogen-bond acceptors (Lipinski definition) is 9. The van der Waals surface area contributed by atoms with E-state index in [-0.39, 0.29) is 35.0 Å². The van der Waals surface area contributed by atoms with Gasteiger partial charge in [0.15, 0.2) is 5.13 Å². The highest BCUT2D eigenvalue weighted by Crippen LogP contribution is 2.35. The van der Waals surface area contributed by atoms with Crippen molar-refractivity contribution in [2.24, 2.45) is 0 Å². The van der Waals surface area contributed by atoms with E-state index >= 15 is 0 Å². The fraction of sp³-hybridized carbons (Fsp3) is 0.333. The molecule has 2 heterocycles. The summed E-state index contributed by atoms with van der Waals surface area (Å²) in [5.74, 6) is -1.25. The average molecular weight is 474 g/mol. The maximum absolute atomic E-state index is 12.9. The van der Waals surface area contributed by atoms with Crippen LogP contribution in [0.5, 0.6) is 0 Å². The van der Waals surface area contributed by atoms with Crippen molar-refractivity contribution in [3.63, 3.8) is 0 Å². The number of anilines is 2. The van der Waals surface area contributed by atoms with Crippen molar-refractivity contribution in [3.05, 3.63) is 40.0 Å². The Kier molecular flexibility index (Phi) is 6.49. The van der Waals surface area contributed by atoms with E-state index in [2.05, 4.69) is 15.3 Å². The molecule has 3 rings (SSSR count). The zero-order valence-corrected chi connectivity index (χ0v) is 19.1. The Morgan fingerprint density at radius 2 is 1.88 bits per heavy atom. The number of allylic oxidation sites excluding steroid dienone is 1. The second kappa shape index (κ2) is 8.98. The molecule has 3 N–H and O–H groups in total. The van der Waals surface area contributed by atoms with E-state index in [4.69, 9.17) is 4.74 Å². The molecule has 33 heavy (non-hydrogen) atoms. The first kappa shape index (κ1) is 23.9. The SMILES string of the molecule is CC(=O)Nc1nc2c(s1)C(=O)C(=C(O)c1ccc(N(C(=O)O)C(=O)OC(C)(C)C)nc1)CC2. The van der Waals surface area contributed by atoms with Gasteiger partial charge >= 0.3 is 12.2 Å². The van der Waals surface area contributed by atoms with E-state index in [1.165, 1.54) is 19.1 Å². The third-order valence-electron chi connectivity index (χ3n) is 4.38. The van der Waals surface area contributed by atoms with Gasteiger partial charge in [0.25, 0.3) is 0 Å². The highest BCUT2D eigenvalue weighted by atomic mass is 32.1. The molecule has 0 saturated heterocycles. The molecule has 0 bridgehead atoms. The number of aliphatic hydroxyl groups excluding tert-OH is 1. The van der Waals surface area contributed by atoms with Crippen LogP contribution < -0.4 is 10.2 Å². The van der Waals surface area contributed by atoms with Crippen LogP contribution in [0.1, 0.15) is 55.0 Å². The number of carbonyl (C=O) groups is 4. The Bertz CT molecular complexity index is 1160. The molecule has 2 aromatic heterocycles. The van der Waals surface area contributed by atoms with Crippen molar-refractivity contribution in [1.29, 1.82) is 0 Å². The maximum atomic E-state index is 12.9. The summed E-state index contributed by atoms with van der Waals surface area (Å²) in [6.45, 7) is 6.13. The van der Waals surface area contributed by atoms with Crippen LogP contribution in [0.3, 0.4) is 0 Å². The Morgan fingerprint density at radius 1 is 1.18 bits per heavy atom. The molecular weight excluding hydrogens is 452 g/mol. The third kappa shape index (κ3) is 5.34. The summed E-state index contributed by atoms with van der Waals surface area (Å²) in [7, 11) is 0. The van der Waals surface area contributed by atoms with E-state index in [0.717, 1.165) is 17.5 Å². The summed E-state index contributed by atoms with van der Waals surface area (Å²) >= 11 is 1.03. The van der Waals surface area contributed by atoms with Crippen molar-refractivity contribution in [2.75, 3.05) is 10.2 Å². The molecule has 2 aromatic rings. The van der Waals surface area contributed by atoms with Crippen LogP contribution in [-0.2, 0) is 16.0 Å². The molecule has 0 radical (unpaired) electrons. The number of hydrogen-bond donors (Lipinski definition) is 3. The van der Waals surface area contributed by atoms with Gasteiger partial charge in [0.2, 0.25) is 11.7 Å². The largest absolute Gasteiger partial charge is 0.507 e. The fourth-order valence-electron chi connectivity index (χ4n) is 3.03. The van der Waals surface area contributed by atoms with Gasteiger partial charge in [-0.15, -0.1) is 0 Å². The predicted molar refractivity (Wildman–Crippen MR) is 120 cm³/mol. The summed E-state index contributed by atoms with van der Waals surface area (Å²) in [5.41, 5.74) is -0.0402. The van der Waals surface area contributed by atoms with Crippen molar-refractivity contribution < 1.29 is 34.1 Å². The predicted octanol–water partition coefficient (Wildman–Crippen LogP) is 4.01. The fourth-order valence-corrected chi connectivity index (χ4v) is 4.06. The van der Waals surface area contributed by atoms with Crippen molar-refractivity contribution >= 4 is 51.9 Å². The van der Waals surface area contributed by atoms with Gasteiger partial charge in [-0.2, -0.15) is 4.90 Å². The number of rotatable bonds is 3. The lowest BCUT2D eigenvalue weighted by Crippen LogP contribution is -2.40. The summed E-state index contributed by atoms with van der Waals surface area (Å²) in [5, 5.41) is 23.0. The van der Waals surface area contributed by atoms with Crippen LogP contribution in [0.4, 0.5) is 20.5 Å². The normalized spacial score (nSPS) is 14.8. The third-order valence-corrected chi connectivity index (χ3v) is 5.39. The number of thiazole rings is 1. The van der Waals surface area contributed by atoms with Crippen molar-refractivity contribution in [3.8, 4) is 0 Å². The molecule has 1 aliphatic carbocycles. The minimum absolute atomic E-state index is 0.150. The molecule has 0 unspecified atom stereocenters. The number of fused-ring (bicyclic) bond motifs is 1. The molecule has 11 nitrogen and oxygen atoms in total. The van der Waals surface area contributed by atoms with Gasteiger partial charge in [-0.3, -0.25) is 9.59 Å². The zero-order valence-electron chi connectivity index (χ0n) is 18.3. The first-order valence-electron chi connectivity index (χ1n) is 9.84. The van der Waals surface area contributed by atoms with E-state index in [1.807, 2.05) is 0 Å². The standard InChI is InChI=1S/C21H22N4O7S/c1-10(26)23-18-24-13-7-6-12(16(28)17(13)33-18)15(27)11-5-8-14(22-9-11)25(19(29)30)20(31)32-21(2,3)4/h5,8-9,27H,6-7H2,1-4H3,(H,29,30)(H,23,24,26). The van der Waals surface area contributed by atoms with Crippen LogP contribution in [0.2, 0.25) is 0 Å². The molecule has 1 aliphatic rings. The lowest BCUT2D eigenvalue weighted by Gasteiger charge is -2.23. The Morgan fingerprint density at radius 3 is 2.42 bits per heavy atom. The summed E-state index contributed by atoms with van der Waals surface area (Å²) in [6.07, 6.45) is -0.916. The summed E-state index contributed by atoms with van der Waals surface area (Å²) < 4.78 is 5.09. The Balaban J connectivity index is 1.87. The number of nitrogens with zero attached hydrogens (tertiary/aromatic N) is 3. The number of nitrogens with one attached hydrogen (secondary N) is 1. The van der Waals surface area contributed by atoms with E-state index in [1.54, 1.807) is 20.8 Å². The van der Waals surface area contributed by atoms with Gasteiger partial charge in [0, 0.05) is 24.3 Å². The second-order valence-electron chi connectivity index (χ2n) is 8.14. The molecule has 174 valence electrons. The monoisotopic (exact) mass is 474 g/mol. The number of Topliss-reactive ketones (excluding diaryl/α,β-unsaturated/α-hetero) is 1. The number of aryl methyl sites for hydroxylation is 1. The lowest BCUT2D eigenvalue weighted by atomic mass is 9.93. The van der Waals surface area contributed by atoms with Crippen LogP contribution in [0, 0.1) is 0 Å². The number of ketones is 1. The molecule has 0 aromatic carbocycles. The van der Waals surface area contributed by atoms with Crippen LogP contribution >= 0.6 is 11.3 Å². The molecule has 0 aliphatic heterocycles. The number of aromatic nitrogens is 2. The number of aliphatic hydroxyl groups is 1. The minimum Gasteiger partial charge on any atom is -0.507 e. The molecule has 0 atom stereocenters. The van der Waals surface area contributed by atoms with E-state index in [0.29, 0.717) is 27.0 Å². The number of imide groups is 1. The molecule has 3 amide bonds. The number of carbonyl (C=O) groups excluding carboxylic acids is 3. The van der Waals surface area contributed by atoms with E-state index in [9.17, 15) is 29.4 Å².